The third-order valence-corrected chi connectivity index (χ3v) is 4.66. The van der Waals surface area contributed by atoms with E-state index in [0.29, 0.717) is 0 Å². The van der Waals surface area contributed by atoms with E-state index in [-0.39, 0.29) is 13.2 Å². The molecule has 0 aromatic heterocycles. The summed E-state index contributed by atoms with van der Waals surface area (Å²) in [6.45, 7) is -0.196. The van der Waals surface area contributed by atoms with E-state index in [9.17, 15) is 30.6 Å². The van der Waals surface area contributed by atoms with Gasteiger partial charge < -0.3 is 50.0 Å². The highest BCUT2D eigenvalue weighted by atomic mass is 16.6. The standard InChI is InChI=1S/C14H26O10/c1-6-9(17)12(20)10(18)8(23-6)3-22-5-14(4-16)13(21)11(19)7(2-15)24-14/h6-13,15-21H,2-5H2,1H3/t6?,7-,8?,9?,10?,11?,12?,13+,14-/m0/s1. The van der Waals surface area contributed by atoms with Gasteiger partial charge in [0.15, 0.2) is 0 Å². The molecule has 0 saturated carbocycles. The zero-order valence-corrected chi connectivity index (χ0v) is 13.3. The zero-order valence-electron chi connectivity index (χ0n) is 13.3. The number of hydrogen-bond donors (Lipinski definition) is 7. The maximum absolute atomic E-state index is 10.0. The molecule has 7 N–H and O–H groups in total. The molecular formula is C14H26O10. The number of ether oxygens (including phenoxy) is 3. The summed E-state index contributed by atoms with van der Waals surface area (Å²) < 4.78 is 16.0. The number of rotatable bonds is 6. The fourth-order valence-corrected chi connectivity index (χ4v) is 3.02. The van der Waals surface area contributed by atoms with Gasteiger partial charge in [0, 0.05) is 0 Å². The second kappa shape index (κ2) is 7.87. The van der Waals surface area contributed by atoms with Gasteiger partial charge in [-0.1, -0.05) is 0 Å². The summed E-state index contributed by atoms with van der Waals surface area (Å²) in [6.07, 6.45) is -9.51. The molecule has 10 heteroatoms. The second-order valence-electron chi connectivity index (χ2n) is 6.36. The molecule has 0 aromatic rings. The van der Waals surface area contributed by atoms with Crippen LogP contribution in [0.1, 0.15) is 6.92 Å². The summed E-state index contributed by atoms with van der Waals surface area (Å²) in [6, 6.07) is 0. The highest BCUT2D eigenvalue weighted by Gasteiger charge is 2.54. The molecule has 2 fully saturated rings. The van der Waals surface area contributed by atoms with E-state index in [1.165, 1.54) is 6.92 Å². The van der Waals surface area contributed by atoms with E-state index >= 15 is 0 Å². The van der Waals surface area contributed by atoms with E-state index in [0.717, 1.165) is 0 Å². The third-order valence-electron chi connectivity index (χ3n) is 4.66. The lowest BCUT2D eigenvalue weighted by molar-refractivity contribution is -0.234. The predicted molar refractivity (Wildman–Crippen MR) is 77.0 cm³/mol. The summed E-state index contributed by atoms with van der Waals surface area (Å²) in [7, 11) is 0. The molecule has 6 unspecified atom stereocenters. The summed E-state index contributed by atoms with van der Waals surface area (Å²) in [5, 5.41) is 67.7. The first-order chi connectivity index (χ1) is 11.3. The molecule has 24 heavy (non-hydrogen) atoms. The van der Waals surface area contributed by atoms with Crippen LogP contribution in [0.15, 0.2) is 0 Å². The maximum Gasteiger partial charge on any atom is 0.143 e. The Morgan fingerprint density at radius 1 is 0.917 bits per heavy atom. The highest BCUT2D eigenvalue weighted by molar-refractivity contribution is 5.02. The first-order valence-corrected chi connectivity index (χ1v) is 7.80. The number of aliphatic hydroxyl groups excluding tert-OH is 7. The Kier molecular flexibility index (Phi) is 6.53. The molecule has 142 valence electrons. The van der Waals surface area contributed by atoms with Crippen LogP contribution in [0.25, 0.3) is 0 Å². The normalized spacial score (nSPS) is 49.5. The van der Waals surface area contributed by atoms with Crippen molar-refractivity contribution in [3.63, 3.8) is 0 Å². The van der Waals surface area contributed by atoms with E-state index in [4.69, 9.17) is 19.3 Å². The first kappa shape index (κ1) is 19.9. The lowest BCUT2D eigenvalue weighted by Gasteiger charge is -2.39. The van der Waals surface area contributed by atoms with Gasteiger partial charge in [0.05, 0.1) is 32.5 Å². The average molecular weight is 354 g/mol. The molecule has 0 aromatic carbocycles. The van der Waals surface area contributed by atoms with Crippen molar-refractivity contribution in [2.24, 2.45) is 0 Å². The van der Waals surface area contributed by atoms with Crippen molar-refractivity contribution in [3.8, 4) is 0 Å². The van der Waals surface area contributed by atoms with Gasteiger partial charge in [-0.2, -0.15) is 0 Å². The van der Waals surface area contributed by atoms with Gasteiger partial charge in [0.25, 0.3) is 0 Å². The van der Waals surface area contributed by atoms with E-state index in [1.54, 1.807) is 0 Å². The van der Waals surface area contributed by atoms with Gasteiger partial charge in [-0.3, -0.25) is 0 Å². The van der Waals surface area contributed by atoms with Crippen LogP contribution in [-0.2, 0) is 14.2 Å². The maximum atomic E-state index is 10.0. The Morgan fingerprint density at radius 2 is 1.58 bits per heavy atom. The van der Waals surface area contributed by atoms with Gasteiger partial charge in [-0.25, -0.2) is 0 Å². The molecule has 0 spiro atoms. The van der Waals surface area contributed by atoms with Crippen LogP contribution >= 0.6 is 0 Å². The monoisotopic (exact) mass is 354 g/mol. The fourth-order valence-electron chi connectivity index (χ4n) is 3.02. The van der Waals surface area contributed by atoms with Crippen LogP contribution in [0.2, 0.25) is 0 Å². The van der Waals surface area contributed by atoms with Gasteiger partial charge in [0.1, 0.15) is 48.3 Å². The minimum Gasteiger partial charge on any atom is -0.394 e. The van der Waals surface area contributed by atoms with Crippen LogP contribution in [0, 0.1) is 0 Å². The third kappa shape index (κ3) is 3.58. The molecule has 0 bridgehead atoms. The molecule has 2 aliphatic heterocycles. The molecule has 0 aliphatic carbocycles. The van der Waals surface area contributed by atoms with Gasteiger partial charge in [-0.05, 0) is 6.92 Å². The van der Waals surface area contributed by atoms with Crippen molar-refractivity contribution in [2.45, 2.75) is 61.4 Å². The van der Waals surface area contributed by atoms with Crippen molar-refractivity contribution in [1.29, 1.82) is 0 Å². The van der Waals surface area contributed by atoms with Crippen molar-refractivity contribution in [3.05, 3.63) is 0 Å². The van der Waals surface area contributed by atoms with Gasteiger partial charge in [-0.15, -0.1) is 0 Å². The summed E-state index contributed by atoms with van der Waals surface area (Å²) in [4.78, 5) is 0. The molecule has 2 heterocycles. The SMILES string of the molecule is CC1OC(COC[C@]2(CO)O[C@@H](CO)C(O)[C@H]2O)C(O)C(O)C1O. The zero-order chi connectivity index (χ0) is 18.1. The Hall–Kier alpha value is -0.400. The van der Waals surface area contributed by atoms with Crippen molar-refractivity contribution < 1.29 is 50.0 Å². The summed E-state index contributed by atoms with van der Waals surface area (Å²) in [5.74, 6) is 0. The Bertz CT molecular complexity index is 409. The number of hydrogen-bond acceptors (Lipinski definition) is 10. The molecule has 2 saturated heterocycles. The minimum atomic E-state index is -1.61. The lowest BCUT2D eigenvalue weighted by Crippen LogP contribution is -2.58. The van der Waals surface area contributed by atoms with Crippen LogP contribution in [0.5, 0.6) is 0 Å². The largest absolute Gasteiger partial charge is 0.394 e. The van der Waals surface area contributed by atoms with E-state index < -0.39 is 67.6 Å². The molecule has 9 atom stereocenters. The molecule has 0 amide bonds. The van der Waals surface area contributed by atoms with Crippen molar-refractivity contribution in [1.82, 2.24) is 0 Å². The van der Waals surface area contributed by atoms with Crippen LogP contribution < -0.4 is 0 Å². The Morgan fingerprint density at radius 3 is 2.12 bits per heavy atom. The molecule has 2 aliphatic rings. The Labute approximate surface area is 138 Å². The Balaban J connectivity index is 1.93. The van der Waals surface area contributed by atoms with Crippen molar-refractivity contribution in [2.75, 3.05) is 26.4 Å². The van der Waals surface area contributed by atoms with Crippen LogP contribution in [-0.4, -0.2) is 117 Å². The molecule has 2 rings (SSSR count). The minimum absolute atomic E-state index is 0.201. The van der Waals surface area contributed by atoms with E-state index in [1.807, 2.05) is 0 Å². The highest BCUT2D eigenvalue weighted by Crippen LogP contribution is 2.32. The summed E-state index contributed by atoms with van der Waals surface area (Å²) in [5.41, 5.74) is -1.61. The number of aliphatic hydroxyl groups is 7. The topological polar surface area (TPSA) is 169 Å². The fraction of sp³-hybridized carbons (Fsp3) is 1.00. The van der Waals surface area contributed by atoms with Crippen LogP contribution in [0.4, 0.5) is 0 Å². The lowest BCUT2D eigenvalue weighted by atomic mass is 9.95. The molecule has 0 radical (unpaired) electrons. The smallest absolute Gasteiger partial charge is 0.143 e. The van der Waals surface area contributed by atoms with Gasteiger partial charge in [0.2, 0.25) is 0 Å². The van der Waals surface area contributed by atoms with E-state index in [2.05, 4.69) is 0 Å². The quantitative estimate of drug-likeness (QED) is 0.248. The molecule has 10 nitrogen and oxygen atoms in total. The molecular weight excluding hydrogens is 328 g/mol. The van der Waals surface area contributed by atoms with Crippen LogP contribution in [0.3, 0.4) is 0 Å². The average Bonchev–Trinajstić information content (AvgIpc) is 2.82. The predicted octanol–water partition coefficient (Wildman–Crippen LogP) is -4.28. The second-order valence-corrected chi connectivity index (χ2v) is 6.36. The summed E-state index contributed by atoms with van der Waals surface area (Å²) >= 11 is 0. The first-order valence-electron chi connectivity index (χ1n) is 7.80. The van der Waals surface area contributed by atoms with Gasteiger partial charge >= 0.3 is 0 Å². The van der Waals surface area contributed by atoms with Crippen molar-refractivity contribution >= 4 is 0 Å².